The van der Waals surface area contributed by atoms with Gasteiger partial charge in [-0.25, -0.2) is 0 Å². The van der Waals surface area contributed by atoms with Crippen LogP contribution in [-0.2, 0) is 13.2 Å². The van der Waals surface area contributed by atoms with Crippen molar-refractivity contribution in [3.05, 3.63) is 99.3 Å². The minimum Gasteiger partial charge on any atom is -0.486 e. The van der Waals surface area contributed by atoms with Crippen molar-refractivity contribution in [1.82, 2.24) is 9.78 Å². The molecule has 0 aliphatic carbocycles. The first-order valence-electron chi connectivity index (χ1n) is 9.42. The Balaban J connectivity index is 1.34. The number of benzene rings is 2. The number of carbonyl (C=O) groups excluding carboxylic acids is 1. The van der Waals surface area contributed by atoms with Crippen LogP contribution in [-0.4, -0.2) is 15.7 Å². The molecular weight excluding hydrogens is 493 g/mol. The van der Waals surface area contributed by atoms with E-state index in [0.717, 1.165) is 9.32 Å². The van der Waals surface area contributed by atoms with Gasteiger partial charge in [0, 0.05) is 9.77 Å². The van der Waals surface area contributed by atoms with E-state index in [9.17, 15) is 4.79 Å². The molecule has 6 nitrogen and oxygen atoms in total. The van der Waals surface area contributed by atoms with Crippen molar-refractivity contribution in [2.75, 3.05) is 5.32 Å². The highest BCUT2D eigenvalue weighted by Crippen LogP contribution is 2.17. The quantitative estimate of drug-likeness (QED) is 0.342. The van der Waals surface area contributed by atoms with Gasteiger partial charge in [0.05, 0.1) is 18.4 Å². The topological polar surface area (TPSA) is 69.3 Å². The molecule has 152 valence electrons. The third-order valence-corrected chi connectivity index (χ3v) is 5.28. The van der Waals surface area contributed by atoms with Crippen molar-refractivity contribution < 1.29 is 13.9 Å². The number of carbonyl (C=O) groups is 1. The highest BCUT2D eigenvalue weighted by Gasteiger charge is 2.13. The lowest BCUT2D eigenvalue weighted by molar-refractivity contribution is 0.0992. The zero-order valence-electron chi connectivity index (χ0n) is 16.3. The van der Waals surface area contributed by atoms with Crippen LogP contribution < -0.4 is 10.1 Å². The molecule has 0 unspecified atom stereocenters. The van der Waals surface area contributed by atoms with Gasteiger partial charge < -0.3 is 14.5 Å². The number of furan rings is 1. The van der Waals surface area contributed by atoms with Gasteiger partial charge in [0.2, 0.25) is 0 Å². The number of anilines is 1. The second kappa shape index (κ2) is 9.17. The number of hydrogen-bond acceptors (Lipinski definition) is 4. The zero-order valence-corrected chi connectivity index (χ0v) is 18.5. The first-order valence-corrected chi connectivity index (χ1v) is 10.5. The van der Waals surface area contributed by atoms with E-state index in [2.05, 4.69) is 52.1 Å². The highest BCUT2D eigenvalue weighted by atomic mass is 127. The molecule has 1 N–H and O–H groups in total. The molecule has 0 bridgehead atoms. The molecule has 7 heteroatoms. The summed E-state index contributed by atoms with van der Waals surface area (Å²) in [4.78, 5) is 12.5. The minimum absolute atomic E-state index is 0.225. The Morgan fingerprint density at radius 2 is 1.93 bits per heavy atom. The van der Waals surface area contributed by atoms with Crippen LogP contribution in [0.4, 0.5) is 5.69 Å². The number of rotatable bonds is 7. The summed E-state index contributed by atoms with van der Waals surface area (Å²) in [6.07, 6.45) is 3.42. The van der Waals surface area contributed by atoms with Gasteiger partial charge in [0.25, 0.3) is 5.91 Å². The number of aryl methyl sites for hydroxylation is 1. The summed E-state index contributed by atoms with van der Waals surface area (Å²) in [5.74, 6) is 1.22. The summed E-state index contributed by atoms with van der Waals surface area (Å²) < 4.78 is 14.2. The Bertz CT molecular complexity index is 1150. The van der Waals surface area contributed by atoms with Gasteiger partial charge in [-0.05, 0) is 77.0 Å². The van der Waals surface area contributed by atoms with Crippen LogP contribution in [0.15, 0.2) is 77.5 Å². The van der Waals surface area contributed by atoms with E-state index >= 15 is 0 Å². The van der Waals surface area contributed by atoms with Crippen LogP contribution in [0, 0.1) is 10.5 Å². The Morgan fingerprint density at radius 1 is 1.13 bits per heavy atom. The van der Waals surface area contributed by atoms with Crippen molar-refractivity contribution in [2.45, 2.75) is 20.1 Å². The number of nitrogens with zero attached hydrogens (tertiary/aromatic N) is 2. The van der Waals surface area contributed by atoms with E-state index in [0.29, 0.717) is 18.0 Å². The van der Waals surface area contributed by atoms with Crippen LogP contribution in [0.1, 0.15) is 27.4 Å². The van der Waals surface area contributed by atoms with Crippen LogP contribution in [0.25, 0.3) is 0 Å². The van der Waals surface area contributed by atoms with E-state index in [-0.39, 0.29) is 18.3 Å². The predicted octanol–water partition coefficient (Wildman–Crippen LogP) is 5.27. The van der Waals surface area contributed by atoms with Gasteiger partial charge in [-0.1, -0.05) is 24.3 Å². The molecule has 2 heterocycles. The fourth-order valence-corrected chi connectivity index (χ4v) is 3.29. The maximum absolute atomic E-state index is 12.5. The van der Waals surface area contributed by atoms with Gasteiger partial charge in [-0.2, -0.15) is 5.10 Å². The van der Waals surface area contributed by atoms with E-state index in [1.165, 1.54) is 11.1 Å². The molecule has 0 saturated heterocycles. The first kappa shape index (κ1) is 20.2. The molecule has 2 aromatic carbocycles. The van der Waals surface area contributed by atoms with Gasteiger partial charge in [-0.3, -0.25) is 9.48 Å². The highest BCUT2D eigenvalue weighted by molar-refractivity contribution is 14.1. The molecule has 0 spiro atoms. The summed E-state index contributed by atoms with van der Waals surface area (Å²) >= 11 is 2.24. The third kappa shape index (κ3) is 5.10. The Kier molecular flexibility index (Phi) is 6.18. The Hall–Kier alpha value is -3.07. The zero-order chi connectivity index (χ0) is 20.9. The molecule has 1 amide bonds. The van der Waals surface area contributed by atoms with Crippen LogP contribution >= 0.6 is 22.6 Å². The van der Waals surface area contributed by atoms with Crippen molar-refractivity contribution in [1.29, 1.82) is 0 Å². The lowest BCUT2D eigenvalue weighted by Crippen LogP contribution is -2.10. The summed E-state index contributed by atoms with van der Waals surface area (Å²) in [7, 11) is 0. The first-order chi connectivity index (χ1) is 14.6. The lowest BCUT2D eigenvalue weighted by Gasteiger charge is -2.05. The molecule has 0 radical (unpaired) electrons. The summed E-state index contributed by atoms with van der Waals surface area (Å²) in [6, 6.07) is 19.3. The fourth-order valence-electron chi connectivity index (χ4n) is 2.93. The average Bonchev–Trinajstić information content (AvgIpc) is 3.39. The molecule has 0 aliphatic heterocycles. The van der Waals surface area contributed by atoms with Crippen molar-refractivity contribution in [3.63, 3.8) is 0 Å². The fraction of sp³-hybridized carbons (Fsp3) is 0.130. The van der Waals surface area contributed by atoms with Crippen molar-refractivity contribution in [2.24, 2.45) is 0 Å². The van der Waals surface area contributed by atoms with Gasteiger partial charge >= 0.3 is 0 Å². The SMILES string of the molecule is Cc1ccccc1Cn1cc(NC(=O)c2ccc(COc3ccc(I)cc3)o2)cn1. The molecule has 0 atom stereocenters. The summed E-state index contributed by atoms with van der Waals surface area (Å²) in [5.41, 5.74) is 3.00. The second-order valence-electron chi connectivity index (χ2n) is 6.82. The third-order valence-electron chi connectivity index (χ3n) is 4.56. The van der Waals surface area contributed by atoms with E-state index in [1.807, 2.05) is 36.4 Å². The number of hydrogen-bond donors (Lipinski definition) is 1. The Labute approximate surface area is 188 Å². The van der Waals surface area contributed by atoms with E-state index < -0.39 is 0 Å². The number of aromatic nitrogens is 2. The van der Waals surface area contributed by atoms with Crippen LogP contribution in [0.3, 0.4) is 0 Å². The minimum atomic E-state index is -0.328. The summed E-state index contributed by atoms with van der Waals surface area (Å²) in [5, 5.41) is 7.14. The van der Waals surface area contributed by atoms with Crippen molar-refractivity contribution in [3.8, 4) is 5.75 Å². The normalized spacial score (nSPS) is 10.7. The molecule has 0 aliphatic rings. The number of halogens is 1. The van der Waals surface area contributed by atoms with E-state index in [4.69, 9.17) is 9.15 Å². The lowest BCUT2D eigenvalue weighted by atomic mass is 10.1. The molecule has 0 saturated carbocycles. The molecule has 4 rings (SSSR count). The second-order valence-corrected chi connectivity index (χ2v) is 8.06. The smallest absolute Gasteiger partial charge is 0.291 e. The van der Waals surface area contributed by atoms with Gasteiger partial charge in [0.15, 0.2) is 5.76 Å². The number of amides is 1. The molecule has 2 aromatic heterocycles. The van der Waals surface area contributed by atoms with Gasteiger partial charge in [-0.15, -0.1) is 0 Å². The number of ether oxygens (including phenoxy) is 1. The standard InChI is InChI=1S/C23H20IN3O3/c1-16-4-2-3-5-17(16)13-27-14-19(12-25-27)26-23(28)22-11-10-21(30-22)15-29-20-8-6-18(24)7-9-20/h2-12,14H,13,15H2,1H3,(H,26,28). The monoisotopic (exact) mass is 513 g/mol. The maximum atomic E-state index is 12.5. The maximum Gasteiger partial charge on any atom is 0.291 e. The van der Waals surface area contributed by atoms with Crippen LogP contribution in [0.5, 0.6) is 5.75 Å². The number of nitrogens with one attached hydrogen (secondary N) is 1. The van der Waals surface area contributed by atoms with Crippen molar-refractivity contribution >= 4 is 34.2 Å². The molecule has 30 heavy (non-hydrogen) atoms. The average molecular weight is 513 g/mol. The predicted molar refractivity (Wildman–Crippen MR) is 123 cm³/mol. The van der Waals surface area contributed by atoms with Gasteiger partial charge in [0.1, 0.15) is 18.1 Å². The summed E-state index contributed by atoms with van der Waals surface area (Å²) in [6.45, 7) is 2.96. The molecular formula is C23H20IN3O3. The van der Waals surface area contributed by atoms with Crippen LogP contribution in [0.2, 0.25) is 0 Å². The molecule has 4 aromatic rings. The Morgan fingerprint density at radius 3 is 2.73 bits per heavy atom. The largest absolute Gasteiger partial charge is 0.486 e. The molecule has 0 fully saturated rings. The van der Waals surface area contributed by atoms with E-state index in [1.54, 1.807) is 29.2 Å².